The standard InChI is InChI=1S/C21H21BrF3NO3/c1-14(15-2-8-18(9-3-15)29-21(23,24)25)26-19(27)20(10-12-28-13-11-20)16-4-6-17(22)7-5-16/h2-9,14H,10-13H2,1H3,(H,26,27). The third kappa shape index (κ3) is 5.30. The lowest BCUT2D eigenvalue weighted by molar-refractivity contribution is -0.274. The fraction of sp³-hybridized carbons (Fsp3) is 0.381. The second-order valence-electron chi connectivity index (χ2n) is 7.01. The highest BCUT2D eigenvalue weighted by atomic mass is 79.9. The number of amides is 1. The van der Waals surface area contributed by atoms with Gasteiger partial charge in [-0.25, -0.2) is 0 Å². The fourth-order valence-electron chi connectivity index (χ4n) is 3.51. The maximum atomic E-state index is 13.3. The van der Waals surface area contributed by atoms with Gasteiger partial charge in [-0.2, -0.15) is 0 Å². The number of rotatable bonds is 5. The molecule has 1 saturated heterocycles. The van der Waals surface area contributed by atoms with Crippen molar-refractivity contribution in [2.75, 3.05) is 13.2 Å². The predicted octanol–water partition coefficient (Wildman–Crippen LogP) is 5.27. The van der Waals surface area contributed by atoms with Crippen LogP contribution >= 0.6 is 15.9 Å². The van der Waals surface area contributed by atoms with Crippen LogP contribution in [0.2, 0.25) is 0 Å². The van der Waals surface area contributed by atoms with Gasteiger partial charge < -0.3 is 14.8 Å². The Hall–Kier alpha value is -2.06. The van der Waals surface area contributed by atoms with Gasteiger partial charge in [0.2, 0.25) is 5.91 Å². The number of alkyl halides is 3. The summed E-state index contributed by atoms with van der Waals surface area (Å²) >= 11 is 3.41. The van der Waals surface area contributed by atoms with E-state index in [1.165, 1.54) is 24.3 Å². The van der Waals surface area contributed by atoms with Crippen LogP contribution in [0.4, 0.5) is 13.2 Å². The molecule has 8 heteroatoms. The first-order valence-corrected chi connectivity index (χ1v) is 9.99. The van der Waals surface area contributed by atoms with Gasteiger partial charge >= 0.3 is 6.36 Å². The van der Waals surface area contributed by atoms with E-state index in [0.717, 1.165) is 10.0 Å². The van der Waals surface area contributed by atoms with Crippen LogP contribution in [0, 0.1) is 0 Å². The highest BCUT2D eigenvalue weighted by Crippen LogP contribution is 2.36. The lowest BCUT2D eigenvalue weighted by atomic mass is 9.73. The Morgan fingerprint density at radius 2 is 1.69 bits per heavy atom. The SMILES string of the molecule is CC(NC(=O)C1(c2ccc(Br)cc2)CCOCC1)c1ccc(OC(F)(F)F)cc1. The second kappa shape index (κ2) is 8.75. The van der Waals surface area contributed by atoms with E-state index in [-0.39, 0.29) is 17.7 Å². The van der Waals surface area contributed by atoms with Crippen LogP contribution in [-0.2, 0) is 14.9 Å². The van der Waals surface area contributed by atoms with Crippen molar-refractivity contribution < 1.29 is 27.4 Å². The summed E-state index contributed by atoms with van der Waals surface area (Å²) in [6.45, 7) is 2.77. The van der Waals surface area contributed by atoms with Crippen LogP contribution in [0.3, 0.4) is 0 Å². The van der Waals surface area contributed by atoms with Crippen LogP contribution in [0.15, 0.2) is 53.0 Å². The Morgan fingerprint density at radius 3 is 2.24 bits per heavy atom. The molecular formula is C21H21BrF3NO3. The molecule has 29 heavy (non-hydrogen) atoms. The maximum absolute atomic E-state index is 13.3. The number of benzene rings is 2. The smallest absolute Gasteiger partial charge is 0.406 e. The van der Waals surface area contributed by atoms with Crippen molar-refractivity contribution in [1.29, 1.82) is 0 Å². The van der Waals surface area contributed by atoms with Gasteiger partial charge in [0.05, 0.1) is 11.5 Å². The molecule has 0 bridgehead atoms. The highest BCUT2D eigenvalue weighted by molar-refractivity contribution is 9.10. The molecule has 0 radical (unpaired) electrons. The molecule has 1 N–H and O–H groups in total. The summed E-state index contributed by atoms with van der Waals surface area (Å²) in [5, 5.41) is 3.02. The van der Waals surface area contributed by atoms with E-state index < -0.39 is 11.8 Å². The molecule has 2 aromatic rings. The summed E-state index contributed by atoms with van der Waals surface area (Å²) in [6.07, 6.45) is -3.61. The first-order valence-electron chi connectivity index (χ1n) is 9.20. The van der Waals surface area contributed by atoms with Crippen molar-refractivity contribution in [2.24, 2.45) is 0 Å². The molecule has 0 spiro atoms. The summed E-state index contributed by atoms with van der Waals surface area (Å²) < 4.78 is 47.2. The van der Waals surface area contributed by atoms with Crippen molar-refractivity contribution in [3.63, 3.8) is 0 Å². The second-order valence-corrected chi connectivity index (χ2v) is 7.93. The van der Waals surface area contributed by atoms with Crippen molar-refractivity contribution in [2.45, 2.75) is 37.6 Å². The van der Waals surface area contributed by atoms with Gasteiger partial charge in [0.25, 0.3) is 0 Å². The molecule has 1 aliphatic rings. The van der Waals surface area contributed by atoms with Gasteiger partial charge in [-0.05, 0) is 55.2 Å². The van der Waals surface area contributed by atoms with Crippen LogP contribution in [0.1, 0.15) is 36.9 Å². The Labute approximate surface area is 175 Å². The highest BCUT2D eigenvalue weighted by Gasteiger charge is 2.42. The summed E-state index contributed by atoms with van der Waals surface area (Å²) in [7, 11) is 0. The first kappa shape index (κ1) is 21.6. The lowest BCUT2D eigenvalue weighted by Gasteiger charge is -2.37. The molecule has 1 amide bonds. The number of ether oxygens (including phenoxy) is 2. The van der Waals surface area contributed by atoms with Crippen molar-refractivity contribution in [1.82, 2.24) is 5.32 Å². The molecule has 0 aliphatic carbocycles. The molecule has 1 heterocycles. The molecule has 2 aromatic carbocycles. The number of halogens is 4. The molecule has 0 saturated carbocycles. The van der Waals surface area contributed by atoms with Gasteiger partial charge in [0, 0.05) is 17.7 Å². The van der Waals surface area contributed by atoms with Crippen molar-refractivity contribution >= 4 is 21.8 Å². The number of nitrogens with one attached hydrogen (secondary N) is 1. The van der Waals surface area contributed by atoms with Crippen LogP contribution in [0.5, 0.6) is 5.75 Å². The van der Waals surface area contributed by atoms with Gasteiger partial charge in [-0.1, -0.05) is 40.2 Å². The molecule has 1 aliphatic heterocycles. The van der Waals surface area contributed by atoms with E-state index in [2.05, 4.69) is 26.0 Å². The number of carbonyl (C=O) groups is 1. The van der Waals surface area contributed by atoms with Gasteiger partial charge in [0.15, 0.2) is 0 Å². The normalized spacial score (nSPS) is 17.4. The molecule has 1 fully saturated rings. The zero-order chi connectivity index (χ0) is 21.1. The van der Waals surface area contributed by atoms with E-state index in [1.54, 1.807) is 6.92 Å². The number of carbonyl (C=O) groups excluding carboxylic acids is 1. The first-order chi connectivity index (χ1) is 13.7. The third-order valence-electron chi connectivity index (χ3n) is 5.14. The van der Waals surface area contributed by atoms with Crippen LogP contribution in [0.25, 0.3) is 0 Å². The van der Waals surface area contributed by atoms with Gasteiger partial charge in [0.1, 0.15) is 5.75 Å². The Morgan fingerprint density at radius 1 is 1.10 bits per heavy atom. The van der Waals surface area contributed by atoms with Crippen LogP contribution < -0.4 is 10.1 Å². The topological polar surface area (TPSA) is 47.6 Å². The Bertz CT molecular complexity index is 832. The molecule has 156 valence electrons. The lowest BCUT2D eigenvalue weighted by Crippen LogP contribution is -2.48. The van der Waals surface area contributed by atoms with E-state index in [1.807, 2.05) is 24.3 Å². The minimum Gasteiger partial charge on any atom is -0.406 e. The summed E-state index contributed by atoms with van der Waals surface area (Å²) in [5.41, 5.74) is 0.903. The average molecular weight is 472 g/mol. The zero-order valence-electron chi connectivity index (χ0n) is 15.8. The Kier molecular flexibility index (Phi) is 6.53. The maximum Gasteiger partial charge on any atom is 0.573 e. The minimum absolute atomic E-state index is 0.119. The average Bonchev–Trinajstić information content (AvgIpc) is 2.68. The van der Waals surface area contributed by atoms with Gasteiger partial charge in [-0.3, -0.25) is 4.79 Å². The Balaban J connectivity index is 1.76. The van der Waals surface area contributed by atoms with Crippen molar-refractivity contribution in [3.05, 3.63) is 64.1 Å². The quantitative estimate of drug-likeness (QED) is 0.645. The third-order valence-corrected chi connectivity index (χ3v) is 5.67. The van der Waals surface area contributed by atoms with E-state index in [4.69, 9.17) is 4.74 Å². The van der Waals surface area contributed by atoms with Crippen molar-refractivity contribution in [3.8, 4) is 5.75 Å². The fourth-order valence-corrected chi connectivity index (χ4v) is 3.78. The van der Waals surface area contributed by atoms with E-state index in [0.29, 0.717) is 31.6 Å². The van der Waals surface area contributed by atoms with Crippen LogP contribution in [-0.4, -0.2) is 25.5 Å². The van der Waals surface area contributed by atoms with E-state index in [9.17, 15) is 18.0 Å². The predicted molar refractivity (Wildman–Crippen MR) is 106 cm³/mol. The number of hydrogen-bond donors (Lipinski definition) is 1. The zero-order valence-corrected chi connectivity index (χ0v) is 17.3. The summed E-state index contributed by atoms with van der Waals surface area (Å²) in [6, 6.07) is 12.8. The molecule has 3 rings (SSSR count). The number of hydrogen-bond acceptors (Lipinski definition) is 3. The molecule has 1 unspecified atom stereocenters. The van der Waals surface area contributed by atoms with E-state index >= 15 is 0 Å². The largest absolute Gasteiger partial charge is 0.573 e. The van der Waals surface area contributed by atoms with Gasteiger partial charge in [-0.15, -0.1) is 13.2 Å². The monoisotopic (exact) mass is 471 g/mol. The molecular weight excluding hydrogens is 451 g/mol. The molecule has 0 aromatic heterocycles. The molecule has 4 nitrogen and oxygen atoms in total. The minimum atomic E-state index is -4.73. The summed E-state index contributed by atoms with van der Waals surface area (Å²) in [4.78, 5) is 13.3. The summed E-state index contributed by atoms with van der Waals surface area (Å²) in [5.74, 6) is -0.415. The molecule has 1 atom stereocenters.